The summed E-state index contributed by atoms with van der Waals surface area (Å²) in [5.41, 5.74) is 7.89. The molecule has 0 saturated heterocycles. The summed E-state index contributed by atoms with van der Waals surface area (Å²) < 4.78 is 5.36. The van der Waals surface area contributed by atoms with Crippen molar-refractivity contribution < 1.29 is 14.6 Å². The monoisotopic (exact) mass is 286 g/mol. The van der Waals surface area contributed by atoms with Gasteiger partial charge in [-0.25, -0.2) is 0 Å². The van der Waals surface area contributed by atoms with E-state index in [4.69, 9.17) is 10.5 Å². The Hall–Kier alpha value is -2.69. The van der Waals surface area contributed by atoms with Crippen LogP contribution in [0.3, 0.4) is 0 Å². The standard InChI is InChI=1S/C16H18N2O3/c1-3-21-14-7-11(6-12(17)8-14)16(20)18-13-5-4-10(2)15(19)9-13/h4-9,19H,3,17H2,1-2H3,(H,18,20). The minimum Gasteiger partial charge on any atom is -0.508 e. The van der Waals surface area contributed by atoms with Crippen LogP contribution in [-0.2, 0) is 0 Å². The number of phenols is 1. The van der Waals surface area contributed by atoms with Crippen molar-refractivity contribution in [1.29, 1.82) is 0 Å². The minimum atomic E-state index is -0.313. The number of ether oxygens (including phenoxy) is 1. The summed E-state index contributed by atoms with van der Waals surface area (Å²) in [4.78, 5) is 12.2. The number of amides is 1. The van der Waals surface area contributed by atoms with E-state index in [1.54, 1.807) is 37.3 Å². The number of phenolic OH excluding ortho intramolecular Hbond substituents is 1. The molecule has 5 heteroatoms. The molecule has 0 aliphatic carbocycles. The van der Waals surface area contributed by atoms with Gasteiger partial charge in [0.05, 0.1) is 6.61 Å². The van der Waals surface area contributed by atoms with Gasteiger partial charge in [0.2, 0.25) is 0 Å². The first-order valence-electron chi connectivity index (χ1n) is 6.64. The van der Waals surface area contributed by atoms with Crippen LogP contribution >= 0.6 is 0 Å². The number of hydrogen-bond donors (Lipinski definition) is 3. The zero-order valence-electron chi connectivity index (χ0n) is 12.0. The third-order valence-corrected chi connectivity index (χ3v) is 2.97. The van der Waals surface area contributed by atoms with Gasteiger partial charge in [0, 0.05) is 29.1 Å². The van der Waals surface area contributed by atoms with Crippen molar-refractivity contribution in [3.63, 3.8) is 0 Å². The molecule has 4 N–H and O–H groups in total. The molecule has 2 aromatic carbocycles. The van der Waals surface area contributed by atoms with E-state index in [1.165, 1.54) is 6.07 Å². The number of nitrogens with two attached hydrogens (primary N) is 1. The van der Waals surface area contributed by atoms with E-state index in [1.807, 2.05) is 6.92 Å². The van der Waals surface area contributed by atoms with Gasteiger partial charge in [-0.15, -0.1) is 0 Å². The zero-order chi connectivity index (χ0) is 15.4. The van der Waals surface area contributed by atoms with E-state index in [9.17, 15) is 9.90 Å². The quantitative estimate of drug-likeness (QED) is 0.754. The number of carbonyl (C=O) groups excluding carboxylic acids is 1. The van der Waals surface area contributed by atoms with Gasteiger partial charge in [0.15, 0.2) is 0 Å². The highest BCUT2D eigenvalue weighted by molar-refractivity contribution is 6.05. The number of aryl methyl sites for hydroxylation is 1. The highest BCUT2D eigenvalue weighted by atomic mass is 16.5. The molecule has 2 rings (SSSR count). The maximum Gasteiger partial charge on any atom is 0.255 e. The van der Waals surface area contributed by atoms with Crippen LogP contribution in [0.25, 0.3) is 0 Å². The predicted octanol–water partition coefficient (Wildman–Crippen LogP) is 2.93. The Balaban J connectivity index is 2.21. The minimum absolute atomic E-state index is 0.135. The van der Waals surface area contributed by atoms with Crippen LogP contribution in [0.1, 0.15) is 22.8 Å². The molecule has 0 radical (unpaired) electrons. The summed E-state index contributed by atoms with van der Waals surface area (Å²) in [6.45, 7) is 4.14. The maximum absolute atomic E-state index is 12.2. The van der Waals surface area contributed by atoms with Gasteiger partial charge in [-0.2, -0.15) is 0 Å². The molecule has 0 bridgehead atoms. The van der Waals surface area contributed by atoms with Crippen molar-refractivity contribution in [1.82, 2.24) is 0 Å². The Bertz CT molecular complexity index is 669. The van der Waals surface area contributed by atoms with Gasteiger partial charge < -0.3 is 20.9 Å². The molecule has 110 valence electrons. The normalized spacial score (nSPS) is 10.2. The number of hydrogen-bond acceptors (Lipinski definition) is 4. The Kier molecular flexibility index (Phi) is 4.33. The first kappa shape index (κ1) is 14.7. The fourth-order valence-corrected chi connectivity index (χ4v) is 1.89. The smallest absolute Gasteiger partial charge is 0.255 e. The number of nitrogens with one attached hydrogen (secondary N) is 1. The first-order chi connectivity index (χ1) is 9.99. The Morgan fingerprint density at radius 3 is 2.71 bits per heavy atom. The van der Waals surface area contributed by atoms with E-state index in [-0.39, 0.29) is 11.7 Å². The molecule has 0 heterocycles. The summed E-state index contributed by atoms with van der Waals surface area (Å²) in [5.74, 6) is 0.372. The maximum atomic E-state index is 12.2. The molecular formula is C16H18N2O3. The topological polar surface area (TPSA) is 84.6 Å². The highest BCUT2D eigenvalue weighted by Crippen LogP contribution is 2.23. The Labute approximate surface area is 123 Å². The second-order valence-electron chi connectivity index (χ2n) is 4.68. The van der Waals surface area contributed by atoms with Crippen molar-refractivity contribution >= 4 is 17.3 Å². The fourth-order valence-electron chi connectivity index (χ4n) is 1.89. The SMILES string of the molecule is CCOc1cc(N)cc(C(=O)Nc2ccc(C)c(O)c2)c1. The van der Waals surface area contributed by atoms with E-state index in [0.717, 1.165) is 5.56 Å². The van der Waals surface area contributed by atoms with Crippen LogP contribution in [0.2, 0.25) is 0 Å². The number of nitrogen functional groups attached to an aromatic ring is 1. The molecule has 0 unspecified atom stereocenters. The number of carbonyl (C=O) groups is 1. The second-order valence-corrected chi connectivity index (χ2v) is 4.68. The van der Waals surface area contributed by atoms with Crippen LogP contribution in [0, 0.1) is 6.92 Å². The van der Waals surface area contributed by atoms with E-state index in [0.29, 0.717) is 29.3 Å². The van der Waals surface area contributed by atoms with Crippen molar-refractivity contribution in [2.45, 2.75) is 13.8 Å². The summed E-state index contributed by atoms with van der Waals surface area (Å²) in [5, 5.41) is 12.4. The first-order valence-corrected chi connectivity index (χ1v) is 6.64. The molecular weight excluding hydrogens is 268 g/mol. The molecule has 0 aromatic heterocycles. The van der Waals surface area contributed by atoms with E-state index >= 15 is 0 Å². The van der Waals surface area contributed by atoms with Crippen molar-refractivity contribution in [3.05, 3.63) is 47.5 Å². The van der Waals surface area contributed by atoms with Crippen LogP contribution in [0.15, 0.2) is 36.4 Å². The average Bonchev–Trinajstić information content (AvgIpc) is 2.42. The summed E-state index contributed by atoms with van der Waals surface area (Å²) in [6.07, 6.45) is 0. The molecule has 1 amide bonds. The zero-order valence-corrected chi connectivity index (χ0v) is 12.0. The largest absolute Gasteiger partial charge is 0.508 e. The molecule has 0 saturated carbocycles. The molecule has 0 aliphatic rings. The van der Waals surface area contributed by atoms with Crippen molar-refractivity contribution in [2.75, 3.05) is 17.7 Å². The van der Waals surface area contributed by atoms with Crippen LogP contribution in [0.4, 0.5) is 11.4 Å². The fraction of sp³-hybridized carbons (Fsp3) is 0.188. The van der Waals surface area contributed by atoms with Crippen molar-refractivity contribution in [3.8, 4) is 11.5 Å². The van der Waals surface area contributed by atoms with E-state index in [2.05, 4.69) is 5.32 Å². The predicted molar refractivity (Wildman–Crippen MR) is 82.8 cm³/mol. The second kappa shape index (κ2) is 6.17. The van der Waals surface area contributed by atoms with Gasteiger partial charge in [0.1, 0.15) is 11.5 Å². The third kappa shape index (κ3) is 3.66. The number of aromatic hydroxyl groups is 1. The highest BCUT2D eigenvalue weighted by Gasteiger charge is 2.10. The molecule has 5 nitrogen and oxygen atoms in total. The Morgan fingerprint density at radius 2 is 2.05 bits per heavy atom. The summed E-state index contributed by atoms with van der Waals surface area (Å²) in [7, 11) is 0. The molecule has 0 spiro atoms. The Morgan fingerprint density at radius 1 is 1.29 bits per heavy atom. The van der Waals surface area contributed by atoms with Gasteiger partial charge >= 0.3 is 0 Å². The van der Waals surface area contributed by atoms with Gasteiger partial charge in [0.25, 0.3) is 5.91 Å². The lowest BCUT2D eigenvalue weighted by Crippen LogP contribution is -2.12. The number of benzene rings is 2. The van der Waals surface area contributed by atoms with Crippen LogP contribution in [0.5, 0.6) is 11.5 Å². The number of anilines is 2. The van der Waals surface area contributed by atoms with Gasteiger partial charge in [-0.3, -0.25) is 4.79 Å². The van der Waals surface area contributed by atoms with Crippen molar-refractivity contribution in [2.24, 2.45) is 0 Å². The average molecular weight is 286 g/mol. The number of rotatable bonds is 4. The lowest BCUT2D eigenvalue weighted by Gasteiger charge is -2.10. The third-order valence-electron chi connectivity index (χ3n) is 2.97. The van der Waals surface area contributed by atoms with Gasteiger partial charge in [-0.05, 0) is 37.6 Å². The lowest BCUT2D eigenvalue weighted by atomic mass is 10.1. The lowest BCUT2D eigenvalue weighted by molar-refractivity contribution is 0.102. The summed E-state index contributed by atoms with van der Waals surface area (Å²) >= 11 is 0. The molecule has 0 atom stereocenters. The van der Waals surface area contributed by atoms with E-state index < -0.39 is 0 Å². The van der Waals surface area contributed by atoms with Crippen LogP contribution < -0.4 is 15.8 Å². The molecule has 21 heavy (non-hydrogen) atoms. The molecule has 0 aliphatic heterocycles. The molecule has 0 fully saturated rings. The molecule has 2 aromatic rings. The summed E-state index contributed by atoms with van der Waals surface area (Å²) in [6, 6.07) is 9.83. The van der Waals surface area contributed by atoms with Crippen LogP contribution in [-0.4, -0.2) is 17.6 Å². The van der Waals surface area contributed by atoms with Gasteiger partial charge in [-0.1, -0.05) is 6.07 Å².